The first kappa shape index (κ1) is 30.2. The number of fused-ring (bicyclic) bond motifs is 1. The molecular formula is C24H21N4NaO8S2. The first-order chi connectivity index (χ1) is 17.9. The van der Waals surface area contributed by atoms with Crippen molar-refractivity contribution in [2.75, 3.05) is 12.4 Å². The number of rotatable bonds is 7. The molecule has 0 aliphatic rings. The molecule has 0 saturated carbocycles. The van der Waals surface area contributed by atoms with Gasteiger partial charge in [0.05, 0.1) is 28.8 Å². The summed E-state index contributed by atoms with van der Waals surface area (Å²) >= 11 is 0. The predicted molar refractivity (Wildman–Crippen MR) is 139 cm³/mol. The Morgan fingerprint density at radius 3 is 2.21 bits per heavy atom. The SMILES string of the molecule is COc1ccc(S(N)(=O)=O)cc1N=Nc1ccc(O)c2c(NC(=O)c3ccccc3)ccc(S(=O)(=O)O)c12.[H-].[Na+]. The Morgan fingerprint density at radius 1 is 0.923 bits per heavy atom. The molecule has 0 aliphatic heterocycles. The number of ether oxygens (including phenoxy) is 1. The fourth-order valence-electron chi connectivity index (χ4n) is 3.65. The minimum atomic E-state index is -4.83. The second-order valence-electron chi connectivity index (χ2n) is 7.84. The molecule has 0 bridgehead atoms. The van der Waals surface area contributed by atoms with Gasteiger partial charge in [0.2, 0.25) is 10.0 Å². The molecule has 4 aromatic carbocycles. The average Bonchev–Trinajstić information content (AvgIpc) is 2.87. The van der Waals surface area contributed by atoms with Crippen LogP contribution in [0.3, 0.4) is 0 Å². The summed E-state index contributed by atoms with van der Waals surface area (Å²) < 4.78 is 63.0. The number of phenols is 1. The number of aromatic hydroxyl groups is 1. The number of methoxy groups -OCH3 is 1. The molecule has 0 atom stereocenters. The number of nitrogens with one attached hydrogen (secondary N) is 1. The zero-order valence-electron chi connectivity index (χ0n) is 21.6. The number of hydrogen-bond acceptors (Lipinski definition) is 9. The van der Waals surface area contributed by atoms with Crippen molar-refractivity contribution in [2.45, 2.75) is 9.79 Å². The van der Waals surface area contributed by atoms with E-state index in [9.17, 15) is 31.3 Å². The van der Waals surface area contributed by atoms with Crippen LogP contribution in [0.5, 0.6) is 11.5 Å². The van der Waals surface area contributed by atoms with Crippen molar-refractivity contribution in [3.05, 3.63) is 78.4 Å². The normalized spacial score (nSPS) is 11.8. The van der Waals surface area contributed by atoms with Crippen LogP contribution in [-0.2, 0) is 20.1 Å². The summed E-state index contributed by atoms with van der Waals surface area (Å²) in [5, 5.41) is 26.1. The van der Waals surface area contributed by atoms with Gasteiger partial charge in [-0.15, -0.1) is 10.2 Å². The predicted octanol–water partition coefficient (Wildman–Crippen LogP) is 1.23. The van der Waals surface area contributed by atoms with Gasteiger partial charge in [0.25, 0.3) is 16.0 Å². The van der Waals surface area contributed by atoms with Crippen molar-refractivity contribution in [3.63, 3.8) is 0 Å². The van der Waals surface area contributed by atoms with E-state index in [-0.39, 0.29) is 69.5 Å². The largest absolute Gasteiger partial charge is 1.00 e. The zero-order chi connectivity index (χ0) is 27.7. The van der Waals surface area contributed by atoms with Crippen molar-refractivity contribution in [3.8, 4) is 11.5 Å². The third-order valence-corrected chi connectivity index (χ3v) is 7.19. The molecule has 4 rings (SSSR count). The van der Waals surface area contributed by atoms with Gasteiger partial charge in [-0.3, -0.25) is 9.35 Å². The Labute approximate surface area is 247 Å². The molecule has 5 N–H and O–H groups in total. The fraction of sp³-hybridized carbons (Fsp3) is 0.0417. The quantitative estimate of drug-likeness (QED) is 0.142. The third kappa shape index (κ3) is 6.62. The number of benzene rings is 4. The summed E-state index contributed by atoms with van der Waals surface area (Å²) in [4.78, 5) is 11.9. The van der Waals surface area contributed by atoms with E-state index in [1.165, 1.54) is 37.4 Å². The van der Waals surface area contributed by atoms with Crippen LogP contribution in [0.2, 0.25) is 0 Å². The van der Waals surface area contributed by atoms with E-state index in [2.05, 4.69) is 15.5 Å². The average molecular weight is 581 g/mol. The molecule has 198 valence electrons. The molecule has 12 nitrogen and oxygen atoms in total. The fourth-order valence-corrected chi connectivity index (χ4v) is 4.89. The van der Waals surface area contributed by atoms with E-state index in [1.54, 1.807) is 30.3 Å². The number of hydrogen-bond donors (Lipinski definition) is 4. The molecule has 0 aromatic heterocycles. The van der Waals surface area contributed by atoms with Gasteiger partial charge in [-0.05, 0) is 54.6 Å². The van der Waals surface area contributed by atoms with Crippen molar-refractivity contribution in [1.82, 2.24) is 0 Å². The van der Waals surface area contributed by atoms with E-state index in [4.69, 9.17) is 9.88 Å². The molecule has 0 fully saturated rings. The number of anilines is 1. The van der Waals surface area contributed by atoms with Crippen molar-refractivity contribution in [1.29, 1.82) is 0 Å². The molecule has 0 radical (unpaired) electrons. The van der Waals surface area contributed by atoms with Gasteiger partial charge in [0.1, 0.15) is 22.1 Å². The van der Waals surface area contributed by atoms with Gasteiger partial charge >= 0.3 is 29.6 Å². The number of carbonyl (C=O) groups is 1. The number of amides is 1. The first-order valence-electron chi connectivity index (χ1n) is 10.7. The van der Waals surface area contributed by atoms with E-state index in [1.807, 2.05) is 0 Å². The Morgan fingerprint density at radius 2 is 1.59 bits per heavy atom. The second-order valence-corrected chi connectivity index (χ2v) is 10.8. The summed E-state index contributed by atoms with van der Waals surface area (Å²) in [6, 6.07) is 16.5. The molecule has 0 saturated heterocycles. The Hall–Kier alpha value is -3.37. The van der Waals surface area contributed by atoms with Gasteiger partial charge in [0.15, 0.2) is 0 Å². The molecule has 0 heterocycles. The van der Waals surface area contributed by atoms with Crippen molar-refractivity contribution >= 4 is 53.9 Å². The zero-order valence-corrected chi connectivity index (χ0v) is 24.2. The third-order valence-electron chi connectivity index (χ3n) is 5.38. The summed E-state index contributed by atoms with van der Waals surface area (Å²) in [7, 11) is -7.60. The maximum Gasteiger partial charge on any atom is 1.00 e. The minimum Gasteiger partial charge on any atom is -1.00 e. The van der Waals surface area contributed by atoms with Crippen LogP contribution in [0.25, 0.3) is 10.8 Å². The first-order valence-corrected chi connectivity index (χ1v) is 13.6. The van der Waals surface area contributed by atoms with Crippen molar-refractivity contribution < 1.29 is 67.0 Å². The molecular weight excluding hydrogens is 559 g/mol. The number of nitrogens with zero attached hydrogens (tertiary/aromatic N) is 2. The Bertz CT molecular complexity index is 1820. The van der Waals surface area contributed by atoms with Gasteiger partial charge < -0.3 is 16.6 Å². The maximum atomic E-state index is 12.8. The van der Waals surface area contributed by atoms with E-state index >= 15 is 0 Å². The minimum absolute atomic E-state index is 0. The second kappa shape index (κ2) is 11.8. The van der Waals surface area contributed by atoms with Crippen LogP contribution in [0.4, 0.5) is 17.1 Å². The number of azo groups is 1. The summed E-state index contributed by atoms with van der Waals surface area (Å²) in [6.07, 6.45) is 0. The number of primary sulfonamides is 1. The van der Waals surface area contributed by atoms with Crippen LogP contribution >= 0.6 is 0 Å². The van der Waals surface area contributed by atoms with Crippen LogP contribution in [-0.4, -0.2) is 39.5 Å². The van der Waals surface area contributed by atoms with Crippen LogP contribution in [0.1, 0.15) is 11.8 Å². The molecule has 15 heteroatoms. The van der Waals surface area contributed by atoms with Gasteiger partial charge in [-0.2, -0.15) is 8.42 Å². The molecule has 4 aromatic rings. The summed E-state index contributed by atoms with van der Waals surface area (Å²) in [6.45, 7) is 0. The van der Waals surface area contributed by atoms with Gasteiger partial charge in [-0.25, -0.2) is 13.6 Å². The number of sulfonamides is 1. The van der Waals surface area contributed by atoms with E-state index in [0.717, 1.165) is 12.1 Å². The monoisotopic (exact) mass is 580 g/mol. The molecule has 0 aliphatic carbocycles. The Balaban J connectivity index is 0.00000280. The van der Waals surface area contributed by atoms with Crippen molar-refractivity contribution in [2.24, 2.45) is 15.4 Å². The molecule has 0 unspecified atom stereocenters. The molecule has 39 heavy (non-hydrogen) atoms. The van der Waals surface area contributed by atoms with Crippen LogP contribution in [0.15, 0.2) is 92.8 Å². The smallest absolute Gasteiger partial charge is 1.00 e. The Kier molecular flexibility index (Phi) is 9.12. The summed E-state index contributed by atoms with van der Waals surface area (Å²) in [5.41, 5.74) is 0.146. The van der Waals surface area contributed by atoms with Gasteiger partial charge in [0, 0.05) is 10.9 Å². The summed E-state index contributed by atoms with van der Waals surface area (Å²) in [5.74, 6) is -0.820. The number of nitrogens with two attached hydrogens (primary N) is 1. The number of phenolic OH excluding ortho intramolecular Hbond substituents is 1. The van der Waals surface area contributed by atoms with Crippen LogP contribution in [0, 0.1) is 0 Å². The van der Waals surface area contributed by atoms with Gasteiger partial charge in [-0.1, -0.05) is 18.2 Å². The number of carbonyl (C=O) groups excluding carboxylic acids is 1. The van der Waals surface area contributed by atoms with E-state index < -0.39 is 36.7 Å². The molecule has 0 spiro atoms. The van der Waals surface area contributed by atoms with E-state index in [0.29, 0.717) is 5.56 Å². The standard InChI is InChI=1S/C24H20N4O8S2.Na.H/c1-36-20-11-7-15(37(25,31)32)13-18(20)28-27-17-8-10-19(29)22-16(9-12-21(23(17)22)38(33,34)35)26-24(30)14-5-3-2-4-6-14;;/h2-13,29H,1H3,(H,26,30)(H2,25,31,32)(H,33,34,35);;/q;+1;-1. The maximum absolute atomic E-state index is 12.8. The molecule has 1 amide bonds. The van der Waals surface area contributed by atoms with Crippen LogP contribution < -0.4 is 44.7 Å². The topological polar surface area (TPSA) is 198 Å².